The molecule has 0 atom stereocenters. The molecule has 170 valence electrons. The average molecular weight is 456 g/mol. The summed E-state index contributed by atoms with van der Waals surface area (Å²) in [6.45, 7) is 4.49. The molecular weight excluding hydrogens is 426 g/mol. The standard InChI is InChI=1S/C33H27NO/c1-33(2,25-12-7-4-8-13-25)26-16-17-31-29(22-26)27-14-9-15-28(32(27)35-31)30-21-24(18-19-34-30)20-23-10-5-3-6-11-23/h3-19,21-22H,20H2,1-2H3/i20D2. The van der Waals surface area contributed by atoms with Gasteiger partial charge in [-0.3, -0.25) is 4.98 Å². The Kier molecular flexibility index (Phi) is 4.69. The van der Waals surface area contributed by atoms with Crippen LogP contribution >= 0.6 is 0 Å². The number of aromatic nitrogens is 1. The minimum atomic E-state index is -1.64. The van der Waals surface area contributed by atoms with E-state index < -0.39 is 6.37 Å². The van der Waals surface area contributed by atoms with E-state index in [1.165, 1.54) is 11.1 Å². The maximum absolute atomic E-state index is 8.79. The van der Waals surface area contributed by atoms with Crippen molar-refractivity contribution in [2.45, 2.75) is 25.6 Å². The molecule has 4 aromatic carbocycles. The van der Waals surface area contributed by atoms with Gasteiger partial charge in [-0.15, -0.1) is 0 Å². The summed E-state index contributed by atoms with van der Waals surface area (Å²) in [4.78, 5) is 4.61. The van der Waals surface area contributed by atoms with E-state index >= 15 is 0 Å². The molecule has 0 spiro atoms. The fraction of sp³-hybridized carbons (Fsp3) is 0.121. The highest BCUT2D eigenvalue weighted by atomic mass is 16.3. The largest absolute Gasteiger partial charge is 0.455 e. The molecule has 0 aliphatic carbocycles. The van der Waals surface area contributed by atoms with Crippen LogP contribution in [0.1, 0.15) is 38.8 Å². The smallest absolute Gasteiger partial charge is 0.144 e. The third kappa shape index (κ3) is 3.91. The van der Waals surface area contributed by atoms with Crippen molar-refractivity contribution < 1.29 is 7.16 Å². The fourth-order valence-electron chi connectivity index (χ4n) is 4.75. The van der Waals surface area contributed by atoms with Crippen molar-refractivity contribution in [3.8, 4) is 11.3 Å². The van der Waals surface area contributed by atoms with E-state index in [4.69, 9.17) is 7.16 Å². The molecule has 0 aliphatic rings. The van der Waals surface area contributed by atoms with Crippen molar-refractivity contribution in [2.75, 3.05) is 0 Å². The lowest BCUT2D eigenvalue weighted by atomic mass is 9.78. The van der Waals surface area contributed by atoms with Crippen LogP contribution in [0.25, 0.3) is 33.2 Å². The molecular formula is C33H27NO. The van der Waals surface area contributed by atoms with E-state index in [0.29, 0.717) is 16.8 Å². The summed E-state index contributed by atoms with van der Waals surface area (Å²) in [5, 5.41) is 2.09. The lowest BCUT2D eigenvalue weighted by molar-refractivity contribution is 0.639. The molecule has 0 amide bonds. The minimum absolute atomic E-state index is 0.157. The Bertz CT molecular complexity index is 1720. The van der Waals surface area contributed by atoms with Gasteiger partial charge in [0.25, 0.3) is 0 Å². The minimum Gasteiger partial charge on any atom is -0.455 e. The lowest BCUT2D eigenvalue weighted by Crippen LogP contribution is -2.18. The van der Waals surface area contributed by atoms with Crippen LogP contribution in [0.5, 0.6) is 0 Å². The molecule has 0 aliphatic heterocycles. The zero-order valence-corrected chi connectivity index (χ0v) is 19.8. The second-order valence-electron chi connectivity index (χ2n) is 9.41. The number of hydrogen-bond donors (Lipinski definition) is 0. The zero-order chi connectivity index (χ0) is 25.6. The van der Waals surface area contributed by atoms with Crippen LogP contribution in [0.15, 0.2) is 120 Å². The highest BCUT2D eigenvalue weighted by Crippen LogP contribution is 2.39. The van der Waals surface area contributed by atoms with E-state index in [-0.39, 0.29) is 5.41 Å². The average Bonchev–Trinajstić information content (AvgIpc) is 3.32. The lowest BCUT2D eigenvalue weighted by Gasteiger charge is -2.26. The summed E-state index contributed by atoms with van der Waals surface area (Å²) in [7, 11) is 0. The number of fused-ring (bicyclic) bond motifs is 3. The molecule has 0 N–H and O–H groups in total. The van der Waals surface area contributed by atoms with Gasteiger partial charge in [-0.05, 0) is 59.0 Å². The summed E-state index contributed by atoms with van der Waals surface area (Å²) in [6, 6.07) is 35.9. The Morgan fingerprint density at radius 2 is 1.49 bits per heavy atom. The maximum atomic E-state index is 8.79. The Hall–Kier alpha value is -4.17. The monoisotopic (exact) mass is 455 g/mol. The molecule has 2 heterocycles. The van der Waals surface area contributed by atoms with Crippen LogP contribution in [0.2, 0.25) is 0 Å². The normalized spacial score (nSPS) is 13.1. The van der Waals surface area contributed by atoms with E-state index in [2.05, 4.69) is 67.4 Å². The Labute approximate surface area is 208 Å². The van der Waals surface area contributed by atoms with E-state index in [9.17, 15) is 0 Å². The third-order valence-corrected chi connectivity index (χ3v) is 6.81. The van der Waals surface area contributed by atoms with E-state index in [1.54, 1.807) is 12.3 Å². The van der Waals surface area contributed by atoms with Gasteiger partial charge in [0, 0.05) is 30.7 Å². The van der Waals surface area contributed by atoms with Crippen molar-refractivity contribution in [3.63, 3.8) is 0 Å². The molecule has 2 nitrogen and oxygen atoms in total. The predicted molar refractivity (Wildman–Crippen MR) is 145 cm³/mol. The van der Waals surface area contributed by atoms with Crippen LogP contribution in [-0.4, -0.2) is 4.98 Å². The van der Waals surface area contributed by atoms with Gasteiger partial charge in [0.2, 0.25) is 0 Å². The van der Waals surface area contributed by atoms with Gasteiger partial charge >= 0.3 is 0 Å². The Morgan fingerprint density at radius 1 is 0.714 bits per heavy atom. The number of nitrogens with zero attached hydrogens (tertiary/aromatic N) is 1. The molecule has 6 rings (SSSR count). The van der Waals surface area contributed by atoms with Crippen LogP contribution in [0.4, 0.5) is 0 Å². The second-order valence-corrected chi connectivity index (χ2v) is 9.41. The van der Waals surface area contributed by atoms with Crippen molar-refractivity contribution in [3.05, 3.63) is 138 Å². The predicted octanol–water partition coefficient (Wildman–Crippen LogP) is 8.56. The topological polar surface area (TPSA) is 26.0 Å². The van der Waals surface area contributed by atoms with Crippen molar-refractivity contribution in [1.29, 1.82) is 0 Å². The summed E-state index contributed by atoms with van der Waals surface area (Å²) in [6.07, 6.45) is 0.0338. The Morgan fingerprint density at radius 3 is 2.29 bits per heavy atom. The molecule has 0 saturated carbocycles. The SMILES string of the molecule is [2H]C([2H])(c1ccccc1)c1ccnc(-c2cccc3c2oc2ccc(C(C)(C)c4ccccc4)cc23)c1. The summed E-state index contributed by atoms with van der Waals surface area (Å²) < 4.78 is 24.0. The highest BCUT2D eigenvalue weighted by molar-refractivity contribution is 6.09. The van der Waals surface area contributed by atoms with E-state index in [0.717, 1.165) is 27.5 Å². The molecule has 35 heavy (non-hydrogen) atoms. The first-order valence-electron chi connectivity index (χ1n) is 12.9. The first-order chi connectivity index (χ1) is 17.9. The number of hydrogen-bond acceptors (Lipinski definition) is 2. The Balaban J connectivity index is 1.47. The number of benzene rings is 4. The van der Waals surface area contributed by atoms with Gasteiger partial charge < -0.3 is 4.42 Å². The third-order valence-electron chi connectivity index (χ3n) is 6.81. The summed E-state index contributed by atoms with van der Waals surface area (Å²) in [5.41, 5.74) is 6.62. The quantitative estimate of drug-likeness (QED) is 0.260. The van der Waals surface area contributed by atoms with Crippen molar-refractivity contribution in [2.24, 2.45) is 0 Å². The number of furan rings is 1. The number of pyridine rings is 1. The van der Waals surface area contributed by atoms with Crippen LogP contribution < -0.4 is 0 Å². The molecule has 0 fully saturated rings. The van der Waals surface area contributed by atoms with Crippen LogP contribution in [-0.2, 0) is 11.8 Å². The molecule has 0 radical (unpaired) electrons. The van der Waals surface area contributed by atoms with Crippen molar-refractivity contribution >= 4 is 21.9 Å². The zero-order valence-electron chi connectivity index (χ0n) is 21.8. The maximum Gasteiger partial charge on any atom is 0.144 e. The molecule has 0 unspecified atom stereocenters. The van der Waals surface area contributed by atoms with E-state index in [1.807, 2.05) is 54.6 Å². The van der Waals surface area contributed by atoms with Crippen LogP contribution in [0.3, 0.4) is 0 Å². The highest BCUT2D eigenvalue weighted by Gasteiger charge is 2.24. The first-order valence-corrected chi connectivity index (χ1v) is 11.9. The van der Waals surface area contributed by atoms with Gasteiger partial charge in [-0.25, -0.2) is 0 Å². The van der Waals surface area contributed by atoms with Gasteiger partial charge in [-0.2, -0.15) is 0 Å². The number of para-hydroxylation sites is 1. The van der Waals surface area contributed by atoms with Gasteiger partial charge in [0.05, 0.1) is 5.69 Å². The second kappa shape index (κ2) is 8.56. The van der Waals surface area contributed by atoms with Crippen LogP contribution in [0, 0.1) is 0 Å². The summed E-state index contributed by atoms with van der Waals surface area (Å²) in [5.74, 6) is 0. The van der Waals surface area contributed by atoms with Crippen molar-refractivity contribution in [1.82, 2.24) is 4.98 Å². The molecule has 0 bridgehead atoms. The summed E-state index contributed by atoms with van der Waals surface area (Å²) >= 11 is 0. The molecule has 2 heteroatoms. The van der Waals surface area contributed by atoms with Gasteiger partial charge in [-0.1, -0.05) is 92.7 Å². The molecule has 2 aromatic heterocycles. The van der Waals surface area contributed by atoms with Gasteiger partial charge in [0.1, 0.15) is 11.2 Å². The fourth-order valence-corrected chi connectivity index (χ4v) is 4.75. The first kappa shape index (κ1) is 19.2. The van der Waals surface area contributed by atoms with Gasteiger partial charge in [0.15, 0.2) is 0 Å². The molecule has 6 aromatic rings. The molecule has 0 saturated heterocycles. The number of rotatable bonds is 5.